The molecule has 2 aromatic rings. The monoisotopic (exact) mass is 267 g/mol. The largest absolute Gasteiger partial charge is 0.368 e. The fraction of sp³-hybridized carbons (Fsp3) is 0.333. The molecule has 2 unspecified atom stereocenters. The van der Waals surface area contributed by atoms with E-state index in [0.29, 0.717) is 0 Å². The second-order valence-electron chi connectivity index (χ2n) is 5.53. The molecule has 0 radical (unpaired) electrons. The SMILES string of the molecule is Cc1ccccc1-c1ccc(C2CNCC(C)O2)cc1. The number of hydrogen-bond acceptors (Lipinski definition) is 2. The Hall–Kier alpha value is -1.64. The normalized spacial score (nSPS) is 22.7. The molecular formula is C18H21NO. The summed E-state index contributed by atoms with van der Waals surface area (Å²) in [4.78, 5) is 0. The van der Waals surface area contributed by atoms with E-state index in [1.165, 1.54) is 22.3 Å². The van der Waals surface area contributed by atoms with Crippen molar-refractivity contribution in [2.24, 2.45) is 0 Å². The maximum absolute atomic E-state index is 5.98. The van der Waals surface area contributed by atoms with Crippen molar-refractivity contribution < 1.29 is 4.74 Å². The lowest BCUT2D eigenvalue weighted by atomic mass is 9.98. The molecule has 1 fully saturated rings. The second-order valence-corrected chi connectivity index (χ2v) is 5.53. The van der Waals surface area contributed by atoms with Crippen LogP contribution >= 0.6 is 0 Å². The van der Waals surface area contributed by atoms with E-state index in [4.69, 9.17) is 4.74 Å². The molecule has 1 N–H and O–H groups in total. The molecule has 104 valence electrons. The fourth-order valence-electron chi connectivity index (χ4n) is 2.76. The van der Waals surface area contributed by atoms with E-state index in [0.717, 1.165) is 13.1 Å². The van der Waals surface area contributed by atoms with Gasteiger partial charge in [0.1, 0.15) is 0 Å². The van der Waals surface area contributed by atoms with Gasteiger partial charge in [-0.1, -0.05) is 48.5 Å². The van der Waals surface area contributed by atoms with E-state index in [1.54, 1.807) is 0 Å². The topological polar surface area (TPSA) is 21.3 Å². The summed E-state index contributed by atoms with van der Waals surface area (Å²) < 4.78 is 5.98. The van der Waals surface area contributed by atoms with Gasteiger partial charge < -0.3 is 10.1 Å². The van der Waals surface area contributed by atoms with Gasteiger partial charge in [-0.2, -0.15) is 0 Å². The first-order valence-corrected chi connectivity index (χ1v) is 7.26. The average Bonchev–Trinajstić information content (AvgIpc) is 2.48. The van der Waals surface area contributed by atoms with E-state index in [2.05, 4.69) is 67.7 Å². The minimum atomic E-state index is 0.171. The van der Waals surface area contributed by atoms with Crippen molar-refractivity contribution in [3.05, 3.63) is 59.7 Å². The van der Waals surface area contributed by atoms with Crippen LogP contribution in [0.4, 0.5) is 0 Å². The van der Waals surface area contributed by atoms with Gasteiger partial charge in [-0.25, -0.2) is 0 Å². The lowest BCUT2D eigenvalue weighted by Gasteiger charge is -2.29. The Balaban J connectivity index is 1.83. The summed E-state index contributed by atoms with van der Waals surface area (Å²) >= 11 is 0. The van der Waals surface area contributed by atoms with Gasteiger partial charge in [0.05, 0.1) is 12.2 Å². The van der Waals surface area contributed by atoms with E-state index < -0.39 is 0 Å². The Morgan fingerprint density at radius 1 is 1.00 bits per heavy atom. The number of nitrogens with one attached hydrogen (secondary N) is 1. The van der Waals surface area contributed by atoms with Crippen molar-refractivity contribution >= 4 is 0 Å². The Bertz CT molecular complexity index is 576. The van der Waals surface area contributed by atoms with Crippen LogP contribution in [0.5, 0.6) is 0 Å². The van der Waals surface area contributed by atoms with E-state index in [1.807, 2.05) is 0 Å². The number of aryl methyl sites for hydroxylation is 1. The molecule has 2 nitrogen and oxygen atoms in total. The molecule has 1 saturated heterocycles. The van der Waals surface area contributed by atoms with Crippen LogP contribution in [0.25, 0.3) is 11.1 Å². The van der Waals surface area contributed by atoms with E-state index in [-0.39, 0.29) is 12.2 Å². The maximum Gasteiger partial charge on any atom is 0.0953 e. The highest BCUT2D eigenvalue weighted by atomic mass is 16.5. The molecule has 1 aliphatic rings. The molecule has 2 aromatic carbocycles. The average molecular weight is 267 g/mol. The summed E-state index contributed by atoms with van der Waals surface area (Å²) in [6.45, 7) is 6.10. The van der Waals surface area contributed by atoms with Crippen LogP contribution in [0.2, 0.25) is 0 Å². The number of ether oxygens (including phenoxy) is 1. The van der Waals surface area contributed by atoms with Gasteiger partial charge in [0.25, 0.3) is 0 Å². The van der Waals surface area contributed by atoms with Crippen LogP contribution in [0.1, 0.15) is 24.2 Å². The quantitative estimate of drug-likeness (QED) is 0.895. The standard InChI is InChI=1S/C18H21NO/c1-13-5-3-4-6-17(13)15-7-9-16(10-8-15)18-12-19-11-14(2)20-18/h3-10,14,18-19H,11-12H2,1-2H3. The first kappa shape index (κ1) is 13.3. The van der Waals surface area contributed by atoms with Gasteiger partial charge in [0.15, 0.2) is 0 Å². The molecule has 20 heavy (non-hydrogen) atoms. The van der Waals surface area contributed by atoms with Crippen LogP contribution in [-0.4, -0.2) is 19.2 Å². The molecule has 0 aromatic heterocycles. The third-order valence-corrected chi connectivity index (χ3v) is 3.90. The lowest BCUT2D eigenvalue weighted by molar-refractivity contribution is -0.0287. The van der Waals surface area contributed by atoms with Gasteiger partial charge in [-0.3, -0.25) is 0 Å². The van der Waals surface area contributed by atoms with Crippen molar-refractivity contribution in [3.63, 3.8) is 0 Å². The van der Waals surface area contributed by atoms with E-state index >= 15 is 0 Å². The van der Waals surface area contributed by atoms with Crippen molar-refractivity contribution in [2.75, 3.05) is 13.1 Å². The smallest absolute Gasteiger partial charge is 0.0953 e. The molecule has 0 spiro atoms. The molecule has 0 amide bonds. The molecule has 1 aliphatic heterocycles. The van der Waals surface area contributed by atoms with Gasteiger partial charge in [-0.15, -0.1) is 0 Å². The minimum Gasteiger partial charge on any atom is -0.368 e. The van der Waals surface area contributed by atoms with Crippen molar-refractivity contribution in [2.45, 2.75) is 26.1 Å². The zero-order valence-electron chi connectivity index (χ0n) is 12.1. The molecule has 3 rings (SSSR count). The highest BCUT2D eigenvalue weighted by molar-refractivity contribution is 5.67. The highest BCUT2D eigenvalue weighted by Crippen LogP contribution is 2.27. The Labute approximate surface area is 120 Å². The van der Waals surface area contributed by atoms with Crippen LogP contribution in [0.3, 0.4) is 0 Å². The molecular weight excluding hydrogens is 246 g/mol. The predicted octanol–water partition coefficient (Wildman–Crippen LogP) is 3.71. The lowest BCUT2D eigenvalue weighted by Crippen LogP contribution is -2.38. The summed E-state index contributed by atoms with van der Waals surface area (Å²) in [6.07, 6.45) is 0.453. The highest BCUT2D eigenvalue weighted by Gasteiger charge is 2.20. The van der Waals surface area contributed by atoms with Crippen molar-refractivity contribution in [1.82, 2.24) is 5.32 Å². The van der Waals surface area contributed by atoms with Gasteiger partial charge in [0.2, 0.25) is 0 Å². The molecule has 1 heterocycles. The molecule has 2 atom stereocenters. The second kappa shape index (κ2) is 5.78. The Morgan fingerprint density at radius 3 is 2.45 bits per heavy atom. The number of benzene rings is 2. The number of hydrogen-bond donors (Lipinski definition) is 1. The van der Waals surface area contributed by atoms with Gasteiger partial charge >= 0.3 is 0 Å². The fourth-order valence-corrected chi connectivity index (χ4v) is 2.76. The first-order valence-electron chi connectivity index (χ1n) is 7.26. The zero-order chi connectivity index (χ0) is 13.9. The third-order valence-electron chi connectivity index (χ3n) is 3.90. The Morgan fingerprint density at radius 2 is 1.75 bits per heavy atom. The van der Waals surface area contributed by atoms with Crippen LogP contribution in [-0.2, 0) is 4.74 Å². The summed E-state index contributed by atoms with van der Waals surface area (Å²) in [5.41, 5.74) is 5.13. The summed E-state index contributed by atoms with van der Waals surface area (Å²) in [5, 5.41) is 3.41. The van der Waals surface area contributed by atoms with Crippen LogP contribution in [0.15, 0.2) is 48.5 Å². The predicted molar refractivity (Wildman–Crippen MR) is 82.8 cm³/mol. The maximum atomic E-state index is 5.98. The van der Waals surface area contributed by atoms with Gasteiger partial charge in [0, 0.05) is 13.1 Å². The van der Waals surface area contributed by atoms with E-state index in [9.17, 15) is 0 Å². The van der Waals surface area contributed by atoms with Crippen molar-refractivity contribution in [1.29, 1.82) is 0 Å². The van der Waals surface area contributed by atoms with Crippen LogP contribution in [0, 0.1) is 6.92 Å². The number of rotatable bonds is 2. The molecule has 0 aliphatic carbocycles. The van der Waals surface area contributed by atoms with Crippen molar-refractivity contribution in [3.8, 4) is 11.1 Å². The summed E-state index contributed by atoms with van der Waals surface area (Å²) in [5.74, 6) is 0. The summed E-state index contributed by atoms with van der Waals surface area (Å²) in [7, 11) is 0. The molecule has 2 heteroatoms. The summed E-state index contributed by atoms with van der Waals surface area (Å²) in [6, 6.07) is 17.3. The van der Waals surface area contributed by atoms with Crippen LogP contribution < -0.4 is 5.32 Å². The molecule has 0 saturated carbocycles. The van der Waals surface area contributed by atoms with Gasteiger partial charge in [-0.05, 0) is 36.1 Å². The third kappa shape index (κ3) is 2.77. The molecule has 0 bridgehead atoms. The number of morpholine rings is 1. The minimum absolute atomic E-state index is 0.171. The first-order chi connectivity index (χ1) is 9.74. The Kier molecular flexibility index (Phi) is 3.86. The zero-order valence-corrected chi connectivity index (χ0v) is 12.1.